The molecule has 0 atom stereocenters. The summed E-state index contributed by atoms with van der Waals surface area (Å²) in [5.74, 6) is 0.726. The van der Waals surface area contributed by atoms with Gasteiger partial charge >= 0.3 is 0 Å². The molecule has 0 N–H and O–H groups in total. The van der Waals surface area contributed by atoms with Crippen LogP contribution < -0.4 is 0 Å². The fraction of sp³-hybridized carbons (Fsp3) is 0.125. The molecule has 2 rings (SSSR count). The average molecular weight is 259 g/mol. The first-order valence-electron chi connectivity index (χ1n) is 3.29. The van der Waals surface area contributed by atoms with E-state index in [4.69, 9.17) is 4.42 Å². The number of halogens is 1. The van der Waals surface area contributed by atoms with E-state index < -0.39 is 0 Å². The summed E-state index contributed by atoms with van der Waals surface area (Å²) < 4.78 is 6.47. The van der Waals surface area contributed by atoms with E-state index in [1.54, 1.807) is 0 Å². The molecule has 0 radical (unpaired) electrons. The molecule has 56 valence electrons. The van der Waals surface area contributed by atoms with Crippen LogP contribution in [-0.2, 0) is 0 Å². The molecule has 0 bridgehead atoms. The summed E-state index contributed by atoms with van der Waals surface area (Å²) in [7, 11) is 0. The van der Waals surface area contributed by atoms with Gasteiger partial charge in [0.25, 0.3) is 0 Å². The number of benzene rings is 1. The van der Waals surface area contributed by atoms with Crippen molar-refractivity contribution in [2.75, 3.05) is 0 Å². The van der Waals surface area contributed by atoms with Gasteiger partial charge in [-0.3, -0.25) is 0 Å². The molecule has 0 saturated carbocycles. The van der Waals surface area contributed by atoms with Crippen molar-refractivity contribution in [3.8, 4) is 0 Å². The summed E-state index contributed by atoms with van der Waals surface area (Å²) in [5.41, 5.74) is 1.83. The minimum absolute atomic E-state index is 0.726. The van der Waals surface area contributed by atoms with E-state index in [0.29, 0.717) is 0 Å². The molecular weight excluding hydrogens is 253 g/mol. The summed E-state index contributed by atoms with van der Waals surface area (Å²) in [4.78, 5) is 4.24. The molecule has 0 spiro atoms. The van der Waals surface area contributed by atoms with Gasteiger partial charge in [-0.05, 0) is 34.7 Å². The Morgan fingerprint density at radius 3 is 3.00 bits per heavy atom. The van der Waals surface area contributed by atoms with Gasteiger partial charge in [0.15, 0.2) is 11.5 Å². The number of hydrogen-bond acceptors (Lipinski definition) is 2. The molecule has 0 fully saturated rings. The van der Waals surface area contributed by atoms with Crippen LogP contribution in [0.15, 0.2) is 22.6 Å². The molecule has 0 aliphatic carbocycles. The first-order chi connectivity index (χ1) is 5.27. The maximum atomic E-state index is 5.33. The van der Waals surface area contributed by atoms with E-state index in [9.17, 15) is 0 Å². The van der Waals surface area contributed by atoms with Gasteiger partial charge in [0.05, 0.1) is 0 Å². The maximum absolute atomic E-state index is 5.33. The minimum atomic E-state index is 0.726. The van der Waals surface area contributed by atoms with Crippen LogP contribution in [0.2, 0.25) is 0 Å². The zero-order chi connectivity index (χ0) is 7.84. The lowest BCUT2D eigenvalue weighted by atomic mass is 10.3. The van der Waals surface area contributed by atoms with E-state index in [2.05, 4.69) is 27.6 Å². The van der Waals surface area contributed by atoms with Crippen molar-refractivity contribution < 1.29 is 4.42 Å². The molecule has 0 unspecified atom stereocenters. The van der Waals surface area contributed by atoms with E-state index in [1.807, 2.05) is 25.1 Å². The monoisotopic (exact) mass is 259 g/mol. The number of rotatable bonds is 0. The summed E-state index contributed by atoms with van der Waals surface area (Å²) >= 11 is 2.25. The third-order valence-corrected chi connectivity index (χ3v) is 2.35. The molecular formula is C8H6INO. The number of hydrogen-bond donors (Lipinski definition) is 0. The van der Waals surface area contributed by atoms with Gasteiger partial charge in [0, 0.05) is 10.5 Å². The Kier molecular flexibility index (Phi) is 1.60. The quantitative estimate of drug-likeness (QED) is 0.680. The highest BCUT2D eigenvalue weighted by Gasteiger charge is 2.03. The maximum Gasteiger partial charge on any atom is 0.192 e. The lowest BCUT2D eigenvalue weighted by molar-refractivity contribution is 0.561. The van der Waals surface area contributed by atoms with Crippen LogP contribution in [0.4, 0.5) is 0 Å². The van der Waals surface area contributed by atoms with Crippen molar-refractivity contribution in [2.24, 2.45) is 0 Å². The van der Waals surface area contributed by atoms with Crippen LogP contribution in [0.25, 0.3) is 11.1 Å². The molecule has 0 aliphatic rings. The normalized spacial score (nSPS) is 10.7. The van der Waals surface area contributed by atoms with Crippen LogP contribution >= 0.6 is 22.6 Å². The van der Waals surface area contributed by atoms with Gasteiger partial charge in [-0.1, -0.05) is 6.07 Å². The molecule has 3 heteroatoms. The van der Waals surface area contributed by atoms with Crippen molar-refractivity contribution >= 4 is 33.7 Å². The predicted octanol–water partition coefficient (Wildman–Crippen LogP) is 2.74. The minimum Gasteiger partial charge on any atom is -0.441 e. The second kappa shape index (κ2) is 2.48. The van der Waals surface area contributed by atoms with Crippen LogP contribution in [0.5, 0.6) is 0 Å². The fourth-order valence-corrected chi connectivity index (χ4v) is 1.62. The lowest BCUT2D eigenvalue weighted by Gasteiger charge is -1.87. The third-order valence-electron chi connectivity index (χ3n) is 1.48. The Balaban J connectivity index is 2.90. The van der Waals surface area contributed by atoms with Gasteiger partial charge in [-0.15, -0.1) is 0 Å². The van der Waals surface area contributed by atoms with E-state index in [0.717, 1.165) is 20.6 Å². The zero-order valence-electron chi connectivity index (χ0n) is 5.97. The number of oxazole rings is 1. The first-order valence-corrected chi connectivity index (χ1v) is 4.37. The zero-order valence-corrected chi connectivity index (χ0v) is 8.12. The van der Waals surface area contributed by atoms with Crippen molar-refractivity contribution in [2.45, 2.75) is 6.92 Å². The molecule has 1 heterocycles. The Hall–Kier alpha value is -0.580. The van der Waals surface area contributed by atoms with Crippen LogP contribution in [-0.4, -0.2) is 4.98 Å². The number of aromatic nitrogens is 1. The lowest BCUT2D eigenvalue weighted by Crippen LogP contribution is -1.73. The fourth-order valence-electron chi connectivity index (χ4n) is 1.03. The second-order valence-corrected chi connectivity index (χ2v) is 3.48. The largest absolute Gasteiger partial charge is 0.441 e. The van der Waals surface area contributed by atoms with Gasteiger partial charge in [-0.25, -0.2) is 4.98 Å². The van der Waals surface area contributed by atoms with E-state index in [1.165, 1.54) is 0 Å². The highest BCUT2D eigenvalue weighted by atomic mass is 127. The van der Waals surface area contributed by atoms with Crippen molar-refractivity contribution in [3.63, 3.8) is 0 Å². The SMILES string of the molecule is Cc1nc2c(I)cccc2o1. The Morgan fingerprint density at radius 2 is 2.27 bits per heavy atom. The highest BCUT2D eigenvalue weighted by molar-refractivity contribution is 14.1. The number of para-hydroxylation sites is 1. The standard InChI is InChI=1S/C8H6INO/c1-5-10-8-6(9)3-2-4-7(8)11-5/h2-4H,1H3. The molecule has 0 aliphatic heterocycles. The van der Waals surface area contributed by atoms with Crippen LogP contribution in [0.3, 0.4) is 0 Å². The van der Waals surface area contributed by atoms with Crippen molar-refractivity contribution in [1.29, 1.82) is 0 Å². The molecule has 0 amide bonds. The molecule has 1 aromatic heterocycles. The van der Waals surface area contributed by atoms with Gasteiger partial charge < -0.3 is 4.42 Å². The Bertz CT molecular complexity index is 394. The van der Waals surface area contributed by atoms with Gasteiger partial charge in [0.1, 0.15) is 5.52 Å². The van der Waals surface area contributed by atoms with E-state index in [-0.39, 0.29) is 0 Å². The smallest absolute Gasteiger partial charge is 0.192 e. The molecule has 2 nitrogen and oxygen atoms in total. The van der Waals surface area contributed by atoms with Gasteiger partial charge in [-0.2, -0.15) is 0 Å². The Labute approximate surface area is 77.8 Å². The Morgan fingerprint density at radius 1 is 1.45 bits per heavy atom. The summed E-state index contributed by atoms with van der Waals surface area (Å²) in [6.45, 7) is 1.86. The average Bonchev–Trinajstić information content (AvgIpc) is 2.31. The molecule has 2 aromatic rings. The van der Waals surface area contributed by atoms with Crippen molar-refractivity contribution in [3.05, 3.63) is 27.7 Å². The van der Waals surface area contributed by atoms with E-state index >= 15 is 0 Å². The van der Waals surface area contributed by atoms with Crippen LogP contribution in [0, 0.1) is 10.5 Å². The topological polar surface area (TPSA) is 26.0 Å². The van der Waals surface area contributed by atoms with Gasteiger partial charge in [0.2, 0.25) is 0 Å². The molecule has 0 saturated heterocycles. The third kappa shape index (κ3) is 1.13. The molecule has 11 heavy (non-hydrogen) atoms. The summed E-state index contributed by atoms with van der Waals surface area (Å²) in [6, 6.07) is 5.91. The predicted molar refractivity (Wildman–Crippen MR) is 51.5 cm³/mol. The summed E-state index contributed by atoms with van der Waals surface area (Å²) in [6.07, 6.45) is 0. The van der Waals surface area contributed by atoms with Crippen LogP contribution in [0.1, 0.15) is 5.89 Å². The molecule has 1 aromatic carbocycles. The van der Waals surface area contributed by atoms with Crippen molar-refractivity contribution in [1.82, 2.24) is 4.98 Å². The number of nitrogens with zero attached hydrogens (tertiary/aromatic N) is 1. The first kappa shape index (κ1) is 7.09. The highest BCUT2D eigenvalue weighted by Crippen LogP contribution is 2.20. The second-order valence-electron chi connectivity index (χ2n) is 2.32. The summed E-state index contributed by atoms with van der Waals surface area (Å²) in [5, 5.41) is 0. The number of aryl methyl sites for hydroxylation is 1. The number of fused-ring (bicyclic) bond motifs is 1.